The number of hydrogen-bond donors (Lipinski definition) is 0. The second-order valence-corrected chi connectivity index (χ2v) is 9.42. The Labute approximate surface area is 195 Å². The second kappa shape index (κ2) is 9.43. The van der Waals surface area contributed by atoms with Crippen LogP contribution in [0.1, 0.15) is 34.2 Å². The Morgan fingerprint density at radius 1 is 1.22 bits per heavy atom. The van der Waals surface area contributed by atoms with Crippen LogP contribution in [0.3, 0.4) is 0 Å². The summed E-state index contributed by atoms with van der Waals surface area (Å²) >= 11 is 2.97. The van der Waals surface area contributed by atoms with E-state index >= 15 is 0 Å². The summed E-state index contributed by atoms with van der Waals surface area (Å²) in [7, 11) is 0. The Bertz CT molecular complexity index is 1330. The van der Waals surface area contributed by atoms with Crippen molar-refractivity contribution in [2.75, 3.05) is 6.61 Å². The first-order chi connectivity index (χ1) is 15.5. The summed E-state index contributed by atoms with van der Waals surface area (Å²) in [6, 6.07) is 19.7. The number of fused-ring (bicyclic) bond motifs is 1. The summed E-state index contributed by atoms with van der Waals surface area (Å²) in [5, 5.41) is 9.72. The van der Waals surface area contributed by atoms with Gasteiger partial charge in [-0.25, -0.2) is 9.78 Å². The molecule has 5 nitrogen and oxygen atoms in total. The third-order valence-corrected chi connectivity index (χ3v) is 7.00. The highest BCUT2D eigenvalue weighted by molar-refractivity contribution is 8.05. The smallest absolute Gasteiger partial charge is 0.338 e. The second-order valence-electron chi connectivity index (χ2n) is 7.10. The maximum Gasteiger partial charge on any atom is 0.338 e. The molecule has 0 aliphatic heterocycles. The lowest BCUT2D eigenvalue weighted by Crippen LogP contribution is -2.05. The molecule has 0 N–H and O–H groups in total. The summed E-state index contributed by atoms with van der Waals surface area (Å²) in [4.78, 5) is 17.1. The third kappa shape index (κ3) is 4.47. The summed E-state index contributed by atoms with van der Waals surface area (Å²) in [5.41, 5.74) is 5.45. The summed E-state index contributed by atoms with van der Waals surface area (Å²) in [6.07, 6.45) is 1.91. The number of nitrogens with zero attached hydrogens (tertiary/aromatic N) is 3. The van der Waals surface area contributed by atoms with E-state index in [4.69, 9.17) is 4.74 Å². The maximum absolute atomic E-state index is 11.9. The average molecular weight is 460 g/mol. The van der Waals surface area contributed by atoms with Crippen LogP contribution in [0.2, 0.25) is 0 Å². The molecule has 4 aromatic rings. The zero-order valence-corrected chi connectivity index (χ0v) is 19.6. The number of para-hydroxylation sites is 1. The van der Waals surface area contributed by atoms with Crippen molar-refractivity contribution in [3.63, 3.8) is 0 Å². The monoisotopic (exact) mass is 459 g/mol. The highest BCUT2D eigenvalue weighted by Crippen LogP contribution is 2.35. The number of benzene rings is 2. The lowest BCUT2D eigenvalue weighted by Gasteiger charge is -2.10. The first kappa shape index (κ1) is 21.9. The van der Waals surface area contributed by atoms with Crippen LogP contribution in [0.4, 0.5) is 0 Å². The molecule has 0 saturated carbocycles. The molecule has 0 atom stereocenters. The predicted octanol–water partition coefficient (Wildman–Crippen LogP) is 6.54. The lowest BCUT2D eigenvalue weighted by molar-refractivity contribution is 0.0526. The number of ether oxygens (including phenoxy) is 1. The van der Waals surface area contributed by atoms with E-state index in [2.05, 4.69) is 21.7 Å². The average Bonchev–Trinajstić information content (AvgIpc) is 3.33. The molecule has 4 rings (SSSR count). The Balaban J connectivity index is 1.62. The molecule has 0 radical (unpaired) electrons. The molecule has 0 aliphatic rings. The van der Waals surface area contributed by atoms with E-state index in [1.54, 1.807) is 30.4 Å². The molecule has 32 heavy (non-hydrogen) atoms. The minimum absolute atomic E-state index is 0.325. The highest BCUT2D eigenvalue weighted by Gasteiger charge is 2.13. The Hall–Kier alpha value is -3.34. The fourth-order valence-electron chi connectivity index (χ4n) is 3.51. The van der Waals surface area contributed by atoms with Gasteiger partial charge in [0.25, 0.3) is 0 Å². The zero-order valence-electron chi connectivity index (χ0n) is 18.0. The largest absolute Gasteiger partial charge is 0.462 e. The Kier molecular flexibility index (Phi) is 6.45. The summed E-state index contributed by atoms with van der Waals surface area (Å²) in [6.45, 7) is 6.19. The van der Waals surface area contributed by atoms with Gasteiger partial charge in [-0.1, -0.05) is 12.1 Å². The van der Waals surface area contributed by atoms with E-state index in [-0.39, 0.29) is 5.97 Å². The summed E-state index contributed by atoms with van der Waals surface area (Å²) in [5.74, 6) is -0.325. The number of carbonyl (C=O) groups excluding carboxylic acids is 1. The number of thiazole rings is 1. The van der Waals surface area contributed by atoms with Crippen LogP contribution >= 0.6 is 23.1 Å². The first-order valence-electron chi connectivity index (χ1n) is 10.1. The van der Waals surface area contributed by atoms with Gasteiger partial charge in [0.05, 0.1) is 27.3 Å². The van der Waals surface area contributed by atoms with Crippen LogP contribution in [0, 0.1) is 25.2 Å². The number of hydrogen-bond acceptors (Lipinski definition) is 6. The molecule has 0 fully saturated rings. The van der Waals surface area contributed by atoms with Crippen LogP contribution in [0.5, 0.6) is 0 Å². The number of esters is 1. The maximum atomic E-state index is 11.9. The molecule has 2 heterocycles. The first-order valence-corrected chi connectivity index (χ1v) is 11.7. The van der Waals surface area contributed by atoms with Gasteiger partial charge in [0, 0.05) is 17.1 Å². The number of aromatic nitrogens is 2. The molecule has 0 spiro atoms. The molecule has 2 aromatic carbocycles. The molecular weight excluding hydrogens is 438 g/mol. The van der Waals surface area contributed by atoms with Crippen LogP contribution in [-0.2, 0) is 4.74 Å². The van der Waals surface area contributed by atoms with Gasteiger partial charge in [0.2, 0.25) is 0 Å². The minimum Gasteiger partial charge on any atom is -0.462 e. The van der Waals surface area contributed by atoms with Crippen LogP contribution in [0.25, 0.3) is 22.0 Å². The fraction of sp³-hybridized carbons (Fsp3) is 0.160. The van der Waals surface area contributed by atoms with Crippen molar-refractivity contribution in [3.05, 3.63) is 82.0 Å². The summed E-state index contributed by atoms with van der Waals surface area (Å²) < 4.78 is 9.13. The van der Waals surface area contributed by atoms with E-state index in [1.165, 1.54) is 11.8 Å². The van der Waals surface area contributed by atoms with Crippen molar-refractivity contribution >= 4 is 45.4 Å². The van der Waals surface area contributed by atoms with E-state index in [1.807, 2.05) is 56.3 Å². The number of aryl methyl sites for hydroxylation is 1. The van der Waals surface area contributed by atoms with E-state index < -0.39 is 0 Å². The number of rotatable bonds is 6. The number of thioether (sulfide) groups is 1. The van der Waals surface area contributed by atoms with Crippen molar-refractivity contribution in [2.45, 2.75) is 25.1 Å². The molecule has 7 heteroatoms. The highest BCUT2D eigenvalue weighted by atomic mass is 32.2. The molecule has 0 bridgehead atoms. The molecule has 160 valence electrons. The van der Waals surface area contributed by atoms with E-state index in [9.17, 15) is 10.1 Å². The van der Waals surface area contributed by atoms with Gasteiger partial charge in [-0.05, 0) is 86.6 Å². The van der Waals surface area contributed by atoms with Gasteiger partial charge < -0.3 is 9.30 Å². The molecular formula is C25H21N3O2S2. The molecule has 0 amide bonds. The van der Waals surface area contributed by atoms with Gasteiger partial charge >= 0.3 is 5.97 Å². The van der Waals surface area contributed by atoms with Gasteiger partial charge in [0.15, 0.2) is 4.34 Å². The van der Waals surface area contributed by atoms with Crippen LogP contribution < -0.4 is 0 Å². The van der Waals surface area contributed by atoms with Crippen LogP contribution in [0.15, 0.2) is 63.8 Å². The molecule has 0 aliphatic carbocycles. The van der Waals surface area contributed by atoms with Gasteiger partial charge in [0.1, 0.15) is 6.07 Å². The quantitative estimate of drug-likeness (QED) is 0.186. The number of carbonyl (C=O) groups is 1. The Morgan fingerprint density at radius 2 is 1.97 bits per heavy atom. The lowest BCUT2D eigenvalue weighted by atomic mass is 10.2. The standard InChI is InChI=1S/C25H21N3O2S2/c1-4-30-24(29)18-9-11-20(12-10-18)28-16(2)13-19(17(28)3)14-21(15-26)31-25-27-22-7-5-6-8-23(22)32-25/h5-14H,4H2,1-3H3/b21-14+. The normalized spacial score (nSPS) is 11.5. The Morgan fingerprint density at radius 3 is 2.66 bits per heavy atom. The topological polar surface area (TPSA) is 67.9 Å². The van der Waals surface area contributed by atoms with Gasteiger partial charge in [-0.3, -0.25) is 0 Å². The van der Waals surface area contributed by atoms with Crippen molar-refractivity contribution in [3.8, 4) is 11.8 Å². The third-order valence-electron chi connectivity index (χ3n) is 4.98. The number of nitriles is 1. The van der Waals surface area contributed by atoms with Crippen molar-refractivity contribution in [1.29, 1.82) is 5.26 Å². The molecule has 0 unspecified atom stereocenters. The SMILES string of the molecule is CCOC(=O)c1ccc(-n2c(C)cc(/C=C(\C#N)Sc3nc4ccccc4s3)c2C)cc1. The van der Waals surface area contributed by atoms with Crippen molar-refractivity contribution in [2.24, 2.45) is 0 Å². The molecule has 2 aromatic heterocycles. The predicted molar refractivity (Wildman–Crippen MR) is 130 cm³/mol. The van der Waals surface area contributed by atoms with E-state index in [0.717, 1.165) is 37.2 Å². The van der Waals surface area contributed by atoms with Crippen molar-refractivity contribution in [1.82, 2.24) is 9.55 Å². The fourth-order valence-corrected chi connectivity index (χ4v) is 5.47. The van der Waals surface area contributed by atoms with Crippen LogP contribution in [-0.4, -0.2) is 22.1 Å². The molecule has 0 saturated heterocycles. The zero-order chi connectivity index (χ0) is 22.7. The van der Waals surface area contributed by atoms with Gasteiger partial charge in [-0.2, -0.15) is 5.26 Å². The van der Waals surface area contributed by atoms with E-state index in [0.29, 0.717) is 17.1 Å². The minimum atomic E-state index is -0.325. The number of allylic oxidation sites excluding steroid dienone is 1. The van der Waals surface area contributed by atoms with Crippen molar-refractivity contribution < 1.29 is 9.53 Å². The van der Waals surface area contributed by atoms with Gasteiger partial charge in [-0.15, -0.1) is 11.3 Å².